The molecule has 1 aliphatic rings. The maximum Gasteiger partial charge on any atom is 0.272 e. The van der Waals surface area contributed by atoms with E-state index in [-0.39, 0.29) is 30.5 Å². The summed E-state index contributed by atoms with van der Waals surface area (Å²) in [6.07, 6.45) is 0.138. The van der Waals surface area contributed by atoms with Gasteiger partial charge in [-0.15, -0.1) is 0 Å². The van der Waals surface area contributed by atoms with E-state index in [9.17, 15) is 9.18 Å². The zero-order valence-electron chi connectivity index (χ0n) is 14.7. The lowest BCUT2D eigenvalue weighted by atomic mass is 10.1. The Hall–Kier alpha value is -2.41. The van der Waals surface area contributed by atoms with Crippen molar-refractivity contribution in [2.45, 2.75) is 39.5 Å². The van der Waals surface area contributed by atoms with Gasteiger partial charge in [-0.25, -0.2) is 4.39 Å². The molecule has 1 fully saturated rings. The van der Waals surface area contributed by atoms with Crippen LogP contribution in [0.25, 0.3) is 0 Å². The fourth-order valence-corrected chi connectivity index (χ4v) is 3.10. The average molecular weight is 346 g/mol. The summed E-state index contributed by atoms with van der Waals surface area (Å²) in [4.78, 5) is 14.0. The van der Waals surface area contributed by atoms with Gasteiger partial charge in [-0.2, -0.15) is 5.10 Å². The molecular formula is C18H23FN4O2. The van der Waals surface area contributed by atoms with Crippen molar-refractivity contribution in [1.29, 1.82) is 0 Å². The van der Waals surface area contributed by atoms with Gasteiger partial charge in [0, 0.05) is 25.3 Å². The lowest BCUT2D eigenvalue weighted by Crippen LogP contribution is -2.45. The molecule has 1 aromatic heterocycles. The third-order valence-electron chi connectivity index (χ3n) is 4.16. The first-order chi connectivity index (χ1) is 11.9. The van der Waals surface area contributed by atoms with Gasteiger partial charge in [-0.1, -0.05) is 6.07 Å². The fourth-order valence-electron chi connectivity index (χ4n) is 3.10. The van der Waals surface area contributed by atoms with Crippen molar-refractivity contribution in [2.75, 3.05) is 18.0 Å². The van der Waals surface area contributed by atoms with Crippen LogP contribution in [-0.2, 0) is 11.3 Å². The Morgan fingerprint density at radius 2 is 2.08 bits per heavy atom. The molecule has 2 atom stereocenters. The Balaban J connectivity index is 1.64. The van der Waals surface area contributed by atoms with E-state index in [0.29, 0.717) is 30.0 Å². The second kappa shape index (κ2) is 7.23. The standard InChI is InChI=1S/C18H23FN4O2/c1-11-6-16(22-21-11)18(24)20-8-14-4-5-17(15(19)7-14)23-9-12(2)25-13(3)10-23/h4-7,12-13H,8-10H2,1-3H3,(H,20,24)(H,21,22). The molecule has 6 nitrogen and oxygen atoms in total. The fraction of sp³-hybridized carbons (Fsp3) is 0.444. The highest BCUT2D eigenvalue weighted by Crippen LogP contribution is 2.24. The zero-order chi connectivity index (χ0) is 18.0. The maximum atomic E-state index is 14.5. The van der Waals surface area contributed by atoms with Crippen LogP contribution in [0.4, 0.5) is 10.1 Å². The number of amides is 1. The number of H-pyrrole nitrogens is 1. The topological polar surface area (TPSA) is 70.2 Å². The molecule has 2 N–H and O–H groups in total. The first-order valence-electron chi connectivity index (χ1n) is 8.41. The average Bonchev–Trinajstić information content (AvgIpc) is 2.98. The van der Waals surface area contributed by atoms with E-state index in [0.717, 1.165) is 5.69 Å². The van der Waals surface area contributed by atoms with E-state index < -0.39 is 0 Å². The van der Waals surface area contributed by atoms with E-state index >= 15 is 0 Å². The Kier molecular flexibility index (Phi) is 5.03. The van der Waals surface area contributed by atoms with Crippen molar-refractivity contribution >= 4 is 11.6 Å². The van der Waals surface area contributed by atoms with Crippen molar-refractivity contribution in [1.82, 2.24) is 15.5 Å². The molecule has 0 saturated carbocycles. The number of morpholine rings is 1. The van der Waals surface area contributed by atoms with Crippen molar-refractivity contribution in [3.05, 3.63) is 47.0 Å². The molecule has 134 valence electrons. The minimum absolute atomic E-state index is 0.0689. The van der Waals surface area contributed by atoms with Crippen LogP contribution < -0.4 is 10.2 Å². The van der Waals surface area contributed by atoms with Crippen LogP contribution in [0.1, 0.15) is 35.6 Å². The van der Waals surface area contributed by atoms with Gasteiger partial charge >= 0.3 is 0 Å². The lowest BCUT2D eigenvalue weighted by Gasteiger charge is -2.37. The molecule has 1 aromatic carbocycles. The summed E-state index contributed by atoms with van der Waals surface area (Å²) in [7, 11) is 0. The number of halogens is 1. The Labute approximate surface area is 146 Å². The SMILES string of the molecule is Cc1cc(C(=O)NCc2ccc(N3CC(C)OC(C)C3)c(F)c2)n[nH]1. The number of anilines is 1. The lowest BCUT2D eigenvalue weighted by molar-refractivity contribution is -0.00539. The van der Waals surface area contributed by atoms with Crippen LogP contribution in [0.3, 0.4) is 0 Å². The number of carbonyl (C=O) groups excluding carboxylic acids is 1. The molecule has 2 aromatic rings. The van der Waals surface area contributed by atoms with Gasteiger partial charge in [-0.3, -0.25) is 9.89 Å². The van der Waals surface area contributed by atoms with E-state index in [4.69, 9.17) is 4.74 Å². The number of nitrogens with one attached hydrogen (secondary N) is 2. The summed E-state index contributed by atoms with van der Waals surface area (Å²) >= 11 is 0. The molecule has 0 bridgehead atoms. The monoisotopic (exact) mass is 346 g/mol. The van der Waals surface area contributed by atoms with Gasteiger partial charge in [0.05, 0.1) is 17.9 Å². The number of aryl methyl sites for hydroxylation is 1. The molecule has 1 amide bonds. The van der Waals surface area contributed by atoms with Gasteiger partial charge in [0.25, 0.3) is 5.91 Å². The number of carbonyl (C=O) groups is 1. The number of ether oxygens (including phenoxy) is 1. The van der Waals surface area contributed by atoms with Crippen molar-refractivity contribution in [3.8, 4) is 0 Å². The number of rotatable bonds is 4. The minimum atomic E-state index is -0.288. The summed E-state index contributed by atoms with van der Waals surface area (Å²) in [6, 6.07) is 6.73. The van der Waals surface area contributed by atoms with Crippen molar-refractivity contribution in [2.24, 2.45) is 0 Å². The molecule has 1 aliphatic heterocycles. The van der Waals surface area contributed by atoms with Crippen LogP contribution >= 0.6 is 0 Å². The zero-order valence-corrected chi connectivity index (χ0v) is 14.7. The molecule has 0 spiro atoms. The van der Waals surface area contributed by atoms with E-state index in [1.807, 2.05) is 31.7 Å². The van der Waals surface area contributed by atoms with E-state index in [2.05, 4.69) is 15.5 Å². The van der Waals surface area contributed by atoms with Crippen LogP contribution in [0, 0.1) is 12.7 Å². The first kappa shape index (κ1) is 17.4. The highest BCUT2D eigenvalue weighted by atomic mass is 19.1. The minimum Gasteiger partial charge on any atom is -0.372 e. The predicted octanol–water partition coefficient (Wildman–Crippen LogP) is 2.40. The second-order valence-electron chi connectivity index (χ2n) is 6.57. The summed E-state index contributed by atoms with van der Waals surface area (Å²) in [5, 5.41) is 9.37. The van der Waals surface area contributed by atoms with Gasteiger partial charge < -0.3 is 15.0 Å². The van der Waals surface area contributed by atoms with Gasteiger partial charge in [-0.05, 0) is 44.5 Å². The van der Waals surface area contributed by atoms with Gasteiger partial charge in [0.1, 0.15) is 11.5 Å². The third kappa shape index (κ3) is 4.17. The quantitative estimate of drug-likeness (QED) is 0.892. The van der Waals surface area contributed by atoms with Gasteiger partial charge in [0.15, 0.2) is 0 Å². The molecule has 7 heteroatoms. The van der Waals surface area contributed by atoms with E-state index in [1.54, 1.807) is 12.1 Å². The summed E-state index contributed by atoms with van der Waals surface area (Å²) < 4.78 is 20.2. The van der Waals surface area contributed by atoms with Crippen LogP contribution in [0.5, 0.6) is 0 Å². The van der Waals surface area contributed by atoms with Crippen LogP contribution in [0.15, 0.2) is 24.3 Å². The number of nitrogens with zero attached hydrogens (tertiary/aromatic N) is 2. The predicted molar refractivity (Wildman–Crippen MR) is 93.1 cm³/mol. The van der Waals surface area contributed by atoms with E-state index in [1.165, 1.54) is 6.07 Å². The third-order valence-corrected chi connectivity index (χ3v) is 4.16. The second-order valence-corrected chi connectivity index (χ2v) is 6.57. The largest absolute Gasteiger partial charge is 0.372 e. The molecule has 1 saturated heterocycles. The molecule has 0 aliphatic carbocycles. The molecule has 0 radical (unpaired) electrons. The number of aromatic amines is 1. The number of aromatic nitrogens is 2. The highest BCUT2D eigenvalue weighted by Gasteiger charge is 2.24. The summed E-state index contributed by atoms with van der Waals surface area (Å²) in [5.74, 6) is -0.576. The number of hydrogen-bond donors (Lipinski definition) is 2. The Morgan fingerprint density at radius 1 is 1.36 bits per heavy atom. The van der Waals surface area contributed by atoms with Crippen molar-refractivity contribution in [3.63, 3.8) is 0 Å². The maximum absolute atomic E-state index is 14.5. The summed E-state index contributed by atoms with van der Waals surface area (Å²) in [5.41, 5.74) is 2.41. The molecule has 2 heterocycles. The highest BCUT2D eigenvalue weighted by molar-refractivity contribution is 5.92. The first-order valence-corrected chi connectivity index (χ1v) is 8.41. The Bertz CT molecular complexity index is 751. The van der Waals surface area contributed by atoms with Crippen LogP contribution in [-0.4, -0.2) is 41.4 Å². The Morgan fingerprint density at radius 3 is 2.68 bits per heavy atom. The summed E-state index contributed by atoms with van der Waals surface area (Å²) in [6.45, 7) is 7.37. The van der Waals surface area contributed by atoms with Gasteiger partial charge in [0.2, 0.25) is 0 Å². The molecule has 25 heavy (non-hydrogen) atoms. The van der Waals surface area contributed by atoms with Crippen LogP contribution in [0.2, 0.25) is 0 Å². The smallest absolute Gasteiger partial charge is 0.272 e. The number of hydrogen-bond acceptors (Lipinski definition) is 4. The molecule has 2 unspecified atom stereocenters. The normalized spacial score (nSPS) is 20.6. The number of benzene rings is 1. The molecular weight excluding hydrogens is 323 g/mol. The molecule has 3 rings (SSSR count). The van der Waals surface area contributed by atoms with Crippen molar-refractivity contribution < 1.29 is 13.9 Å².